The summed E-state index contributed by atoms with van der Waals surface area (Å²) in [6, 6.07) is 6.89. The first-order chi connectivity index (χ1) is 18.0. The predicted molar refractivity (Wildman–Crippen MR) is 141 cm³/mol. The monoisotopic (exact) mass is 545 g/mol. The first-order valence-electron chi connectivity index (χ1n) is 12.2. The molecule has 2 aromatic rings. The highest BCUT2D eigenvalue weighted by Gasteiger charge is 2.28. The third kappa shape index (κ3) is 7.25. The smallest absolute Gasteiger partial charge is 0.257 e. The molecule has 0 bridgehead atoms. The molecule has 2 aromatic carbocycles. The predicted octanol–water partition coefficient (Wildman–Crippen LogP) is 4.99. The van der Waals surface area contributed by atoms with Gasteiger partial charge in [-0.1, -0.05) is 17.7 Å². The molecule has 10 heteroatoms. The molecule has 0 radical (unpaired) electrons. The molecule has 1 saturated carbocycles. The van der Waals surface area contributed by atoms with Crippen molar-refractivity contribution in [2.45, 2.75) is 52.1 Å². The van der Waals surface area contributed by atoms with Crippen molar-refractivity contribution < 1.29 is 28.3 Å². The number of phenols is 1. The number of hydrogen-bond donors (Lipinski definition) is 2. The fraction of sp³-hybridized carbons (Fsp3) is 0.357. The fourth-order valence-corrected chi connectivity index (χ4v) is 4.91. The number of Topliss-reactive ketones (excluding diaryl/α,β-unsaturated/α-hetero) is 2. The molecule has 0 aliphatic heterocycles. The molecule has 0 atom stereocenters. The molecule has 7 nitrogen and oxygen atoms in total. The summed E-state index contributed by atoms with van der Waals surface area (Å²) in [5, 5.41) is 10.2. The fourth-order valence-electron chi connectivity index (χ4n) is 4.64. The quantitative estimate of drug-likeness (QED) is 0.262. The van der Waals surface area contributed by atoms with Gasteiger partial charge in [-0.3, -0.25) is 19.4 Å². The Kier molecular flexibility index (Phi) is 9.74. The van der Waals surface area contributed by atoms with Gasteiger partial charge in [0.15, 0.2) is 5.78 Å². The van der Waals surface area contributed by atoms with E-state index in [1.54, 1.807) is 13.8 Å². The Labute approximate surface area is 225 Å². The molecule has 1 fully saturated rings. The molecule has 1 amide bonds. The van der Waals surface area contributed by atoms with Crippen LogP contribution in [0.25, 0.3) is 0 Å². The Morgan fingerprint density at radius 1 is 1.11 bits per heavy atom. The molecule has 0 aromatic heterocycles. The third-order valence-electron chi connectivity index (χ3n) is 6.62. The van der Waals surface area contributed by atoms with E-state index >= 15 is 0 Å². The molecule has 0 heterocycles. The second-order valence-corrected chi connectivity index (χ2v) is 9.81. The van der Waals surface area contributed by atoms with Crippen molar-refractivity contribution in [3.05, 3.63) is 76.0 Å². The third-order valence-corrected chi connectivity index (χ3v) is 6.94. The number of halogens is 3. The molecule has 38 heavy (non-hydrogen) atoms. The van der Waals surface area contributed by atoms with Gasteiger partial charge in [0.2, 0.25) is 0 Å². The van der Waals surface area contributed by atoms with E-state index in [0.29, 0.717) is 37.5 Å². The molecule has 0 spiro atoms. The summed E-state index contributed by atoms with van der Waals surface area (Å²) in [7, 11) is 0. The zero-order valence-electron chi connectivity index (χ0n) is 21.2. The molecule has 0 unspecified atom stereocenters. The second kappa shape index (κ2) is 12.8. The average Bonchev–Trinajstić information content (AvgIpc) is 2.83. The standard InChI is InChI=1S/C28H30ClF2N3O4/c1-16(33-22-8-6-19(7-9-22)17(2)35)23(13-32)28(38)34(14-18-10-20(30)12-21(31)11-18)15-26(37)27-24(29)4-3-5-25(27)36/h3-5,10-13,19,22,36H,6-9,14-15,32H2,1-2H3. The number of nitrogens with zero attached hydrogens (tertiary/aromatic N) is 2. The lowest BCUT2D eigenvalue weighted by Gasteiger charge is -2.26. The van der Waals surface area contributed by atoms with E-state index in [2.05, 4.69) is 4.99 Å². The maximum atomic E-state index is 13.9. The summed E-state index contributed by atoms with van der Waals surface area (Å²) in [5.41, 5.74) is 6.10. The number of benzene rings is 2. The van der Waals surface area contributed by atoms with E-state index < -0.39 is 29.9 Å². The number of nitrogens with two attached hydrogens (primary N) is 1. The largest absolute Gasteiger partial charge is 0.507 e. The zero-order chi connectivity index (χ0) is 28.0. The minimum absolute atomic E-state index is 0.00676. The van der Waals surface area contributed by atoms with E-state index in [-0.39, 0.29) is 51.8 Å². The average molecular weight is 546 g/mol. The van der Waals surface area contributed by atoms with Gasteiger partial charge in [0, 0.05) is 30.4 Å². The first-order valence-corrected chi connectivity index (χ1v) is 12.6. The van der Waals surface area contributed by atoms with Crippen LogP contribution in [0.2, 0.25) is 5.02 Å². The van der Waals surface area contributed by atoms with E-state index in [1.807, 2.05) is 0 Å². The molecular formula is C28H30ClF2N3O4. The lowest BCUT2D eigenvalue weighted by Crippen LogP contribution is -2.38. The van der Waals surface area contributed by atoms with E-state index in [9.17, 15) is 28.3 Å². The Morgan fingerprint density at radius 3 is 2.29 bits per heavy atom. The Balaban J connectivity index is 1.89. The molecule has 1 aliphatic rings. The van der Waals surface area contributed by atoms with Gasteiger partial charge in [-0.15, -0.1) is 0 Å². The highest BCUT2D eigenvalue weighted by molar-refractivity contribution is 6.34. The van der Waals surface area contributed by atoms with Crippen LogP contribution in [0, 0.1) is 17.6 Å². The molecule has 1 aliphatic carbocycles. The Morgan fingerprint density at radius 2 is 1.74 bits per heavy atom. The van der Waals surface area contributed by atoms with Crippen LogP contribution >= 0.6 is 11.6 Å². The van der Waals surface area contributed by atoms with Crippen LogP contribution in [0.3, 0.4) is 0 Å². The number of phenolic OH excluding ortho intramolecular Hbond substituents is 1. The summed E-state index contributed by atoms with van der Waals surface area (Å²) >= 11 is 6.11. The SMILES string of the molecule is CC(=O)C1CCC(N=C(C)C(=CN)C(=O)N(CC(=O)c2c(O)cccc2Cl)Cc2cc(F)cc(F)c2)CC1. The number of ketones is 2. The molecule has 202 valence electrons. The van der Waals surface area contributed by atoms with Crippen molar-refractivity contribution in [3.8, 4) is 5.75 Å². The van der Waals surface area contributed by atoms with Crippen LogP contribution in [0.5, 0.6) is 5.75 Å². The van der Waals surface area contributed by atoms with Crippen molar-refractivity contribution in [1.82, 2.24) is 4.90 Å². The summed E-state index contributed by atoms with van der Waals surface area (Å²) in [4.78, 5) is 44.1. The van der Waals surface area contributed by atoms with Gasteiger partial charge in [0.1, 0.15) is 23.2 Å². The maximum Gasteiger partial charge on any atom is 0.257 e. The molecular weight excluding hydrogens is 516 g/mol. The number of aliphatic imine (C=N–C) groups is 1. The van der Waals surface area contributed by atoms with E-state index in [0.717, 1.165) is 23.2 Å². The van der Waals surface area contributed by atoms with E-state index in [4.69, 9.17) is 17.3 Å². The minimum Gasteiger partial charge on any atom is -0.507 e. The van der Waals surface area contributed by atoms with Crippen LogP contribution in [-0.4, -0.2) is 45.8 Å². The molecule has 0 saturated heterocycles. The minimum atomic E-state index is -0.837. The lowest BCUT2D eigenvalue weighted by molar-refractivity contribution is -0.126. The summed E-state index contributed by atoms with van der Waals surface area (Å²) < 4.78 is 27.7. The van der Waals surface area contributed by atoms with Crippen LogP contribution in [0.1, 0.15) is 55.5 Å². The Hall–Kier alpha value is -3.59. The number of aromatic hydroxyl groups is 1. The summed E-state index contributed by atoms with van der Waals surface area (Å²) in [5.74, 6) is -3.22. The van der Waals surface area contributed by atoms with Gasteiger partial charge in [-0.05, 0) is 69.4 Å². The molecule has 3 rings (SSSR count). The van der Waals surface area contributed by atoms with Gasteiger partial charge in [-0.25, -0.2) is 8.78 Å². The van der Waals surface area contributed by atoms with Crippen LogP contribution in [0.15, 0.2) is 53.2 Å². The zero-order valence-corrected chi connectivity index (χ0v) is 22.0. The maximum absolute atomic E-state index is 13.9. The van der Waals surface area contributed by atoms with Gasteiger partial charge >= 0.3 is 0 Å². The number of carbonyl (C=O) groups is 3. The summed E-state index contributed by atoms with van der Waals surface area (Å²) in [6.45, 7) is 2.33. The second-order valence-electron chi connectivity index (χ2n) is 9.41. The van der Waals surface area contributed by atoms with Crippen molar-refractivity contribution in [2.24, 2.45) is 16.6 Å². The normalized spacial score (nSPS) is 18.2. The number of hydrogen-bond acceptors (Lipinski definition) is 6. The topological polar surface area (TPSA) is 113 Å². The van der Waals surface area contributed by atoms with Crippen LogP contribution in [-0.2, 0) is 16.1 Å². The molecule has 3 N–H and O–H groups in total. The van der Waals surface area contributed by atoms with Gasteiger partial charge in [-0.2, -0.15) is 0 Å². The van der Waals surface area contributed by atoms with Crippen molar-refractivity contribution in [3.63, 3.8) is 0 Å². The van der Waals surface area contributed by atoms with Gasteiger partial charge in [0.25, 0.3) is 5.91 Å². The number of carbonyl (C=O) groups excluding carboxylic acids is 3. The van der Waals surface area contributed by atoms with Crippen molar-refractivity contribution in [2.75, 3.05) is 6.54 Å². The highest BCUT2D eigenvalue weighted by atomic mass is 35.5. The Bertz CT molecular complexity index is 1250. The lowest BCUT2D eigenvalue weighted by atomic mass is 9.84. The van der Waals surface area contributed by atoms with E-state index in [1.165, 1.54) is 18.2 Å². The first kappa shape index (κ1) is 29.0. The highest BCUT2D eigenvalue weighted by Crippen LogP contribution is 2.28. The van der Waals surface area contributed by atoms with Crippen LogP contribution in [0.4, 0.5) is 8.78 Å². The number of rotatable bonds is 9. The van der Waals surface area contributed by atoms with Gasteiger partial charge in [0.05, 0.1) is 28.7 Å². The van der Waals surface area contributed by atoms with Crippen LogP contribution < -0.4 is 5.73 Å². The van der Waals surface area contributed by atoms with Gasteiger partial charge < -0.3 is 15.7 Å². The number of amides is 1. The van der Waals surface area contributed by atoms with Crippen molar-refractivity contribution >= 4 is 34.8 Å². The van der Waals surface area contributed by atoms with Crippen molar-refractivity contribution in [1.29, 1.82) is 0 Å². The summed E-state index contributed by atoms with van der Waals surface area (Å²) in [6.07, 6.45) is 3.87.